The summed E-state index contributed by atoms with van der Waals surface area (Å²) in [5.41, 5.74) is 4.65. The first-order valence-electron chi connectivity index (χ1n) is 11.4. The molecule has 3 aromatic carbocycles. The van der Waals surface area contributed by atoms with Gasteiger partial charge in [0.2, 0.25) is 10.9 Å². The fourth-order valence-electron chi connectivity index (χ4n) is 4.70. The monoisotopic (exact) mass is 468 g/mol. The first kappa shape index (κ1) is 20.3. The third-order valence-electron chi connectivity index (χ3n) is 6.50. The normalized spacial score (nSPS) is 11.6. The molecule has 0 aliphatic rings. The Bertz CT molecular complexity index is 2080. The molecule has 6 nitrogen and oxygen atoms in total. The lowest BCUT2D eigenvalue weighted by Gasteiger charge is -2.08. The molecule has 0 saturated heterocycles. The number of fused-ring (bicyclic) bond motifs is 5. The van der Waals surface area contributed by atoms with Gasteiger partial charge in [-0.05, 0) is 82.9 Å². The van der Waals surface area contributed by atoms with Crippen molar-refractivity contribution in [3.63, 3.8) is 0 Å². The van der Waals surface area contributed by atoms with Crippen molar-refractivity contribution in [1.29, 1.82) is 0 Å². The van der Waals surface area contributed by atoms with Gasteiger partial charge in [0, 0.05) is 24.8 Å². The van der Waals surface area contributed by atoms with Gasteiger partial charge in [-0.2, -0.15) is 0 Å². The molecule has 0 saturated carbocycles. The number of aromatic nitrogens is 2. The van der Waals surface area contributed by atoms with Crippen molar-refractivity contribution in [3.8, 4) is 22.3 Å². The molecule has 4 heterocycles. The summed E-state index contributed by atoms with van der Waals surface area (Å²) < 4.78 is 12.3. The average Bonchev–Trinajstić information content (AvgIpc) is 2.94. The third-order valence-corrected chi connectivity index (χ3v) is 6.50. The van der Waals surface area contributed by atoms with Crippen molar-refractivity contribution in [2.24, 2.45) is 0 Å². The van der Waals surface area contributed by atoms with Crippen LogP contribution in [-0.4, -0.2) is 9.97 Å². The standard InChI is InChI=1S/C30H16N2O4/c33-28-21-3-6-26-27(29(34)23-16-20(1-4-24(23)35-26)18-9-13-32-14-10-18)30(21)36-25-5-2-19(15-22(25)28)17-7-11-31-12-8-17/h1-16H. The van der Waals surface area contributed by atoms with Crippen LogP contribution in [0.25, 0.3) is 66.1 Å². The second kappa shape index (κ2) is 7.71. The van der Waals surface area contributed by atoms with E-state index in [9.17, 15) is 9.59 Å². The lowest BCUT2D eigenvalue weighted by atomic mass is 10.0. The molecular formula is C30H16N2O4. The molecule has 0 aliphatic carbocycles. The summed E-state index contributed by atoms with van der Waals surface area (Å²) in [4.78, 5) is 35.4. The molecule has 0 bridgehead atoms. The maximum atomic E-state index is 13.7. The molecule has 36 heavy (non-hydrogen) atoms. The van der Waals surface area contributed by atoms with Crippen molar-refractivity contribution in [3.05, 3.63) is 118 Å². The maximum absolute atomic E-state index is 13.7. The number of hydrogen-bond donors (Lipinski definition) is 0. The molecule has 0 N–H and O–H groups in total. The molecule has 0 fully saturated rings. The minimum atomic E-state index is -0.247. The summed E-state index contributed by atoms with van der Waals surface area (Å²) >= 11 is 0. The van der Waals surface area contributed by atoms with Gasteiger partial charge < -0.3 is 8.83 Å². The Kier molecular flexibility index (Phi) is 4.35. The van der Waals surface area contributed by atoms with E-state index in [1.165, 1.54) is 0 Å². The van der Waals surface area contributed by atoms with Crippen molar-refractivity contribution in [2.45, 2.75) is 0 Å². The predicted molar refractivity (Wildman–Crippen MR) is 140 cm³/mol. The van der Waals surface area contributed by atoms with E-state index in [1.807, 2.05) is 42.5 Å². The molecule has 7 rings (SSSR count). The molecule has 0 amide bonds. The van der Waals surface area contributed by atoms with Crippen molar-refractivity contribution >= 4 is 43.9 Å². The predicted octanol–water partition coefficient (Wildman–Crippen LogP) is 6.33. The van der Waals surface area contributed by atoms with Crippen molar-refractivity contribution in [2.75, 3.05) is 0 Å². The van der Waals surface area contributed by atoms with Crippen LogP contribution in [0.1, 0.15) is 0 Å². The molecule has 0 aliphatic heterocycles. The van der Waals surface area contributed by atoms with E-state index in [0.717, 1.165) is 22.3 Å². The zero-order valence-electron chi connectivity index (χ0n) is 18.8. The topological polar surface area (TPSA) is 86.2 Å². The van der Waals surface area contributed by atoms with Crippen LogP contribution < -0.4 is 10.9 Å². The van der Waals surface area contributed by atoms with E-state index < -0.39 is 0 Å². The van der Waals surface area contributed by atoms with Crippen LogP contribution in [-0.2, 0) is 0 Å². The van der Waals surface area contributed by atoms with Crippen LogP contribution in [0.5, 0.6) is 0 Å². The second-order valence-electron chi connectivity index (χ2n) is 8.57. The smallest absolute Gasteiger partial charge is 0.204 e. The highest BCUT2D eigenvalue weighted by Crippen LogP contribution is 2.30. The first-order chi connectivity index (χ1) is 17.7. The molecule has 0 atom stereocenters. The van der Waals surface area contributed by atoms with Gasteiger partial charge >= 0.3 is 0 Å². The van der Waals surface area contributed by atoms with Gasteiger partial charge in [0.05, 0.1) is 16.2 Å². The van der Waals surface area contributed by atoms with Gasteiger partial charge in [0.25, 0.3) is 0 Å². The van der Waals surface area contributed by atoms with Gasteiger partial charge in [0.1, 0.15) is 22.1 Å². The van der Waals surface area contributed by atoms with Crippen molar-refractivity contribution < 1.29 is 8.83 Å². The minimum Gasteiger partial charge on any atom is -0.456 e. The van der Waals surface area contributed by atoms with E-state index in [0.29, 0.717) is 32.9 Å². The molecule has 0 radical (unpaired) electrons. The van der Waals surface area contributed by atoms with E-state index >= 15 is 0 Å². The summed E-state index contributed by atoms with van der Waals surface area (Å²) in [6.45, 7) is 0. The lowest BCUT2D eigenvalue weighted by molar-refractivity contribution is 0.649. The van der Waals surface area contributed by atoms with Crippen LogP contribution in [0.3, 0.4) is 0 Å². The number of benzene rings is 3. The fraction of sp³-hybridized carbons (Fsp3) is 0. The summed E-state index contributed by atoms with van der Waals surface area (Å²) in [6, 6.07) is 21.8. The van der Waals surface area contributed by atoms with Gasteiger partial charge in [-0.25, -0.2) is 0 Å². The quantitative estimate of drug-likeness (QED) is 0.218. The summed E-state index contributed by atoms with van der Waals surface area (Å²) in [7, 11) is 0. The number of nitrogens with zero attached hydrogens (tertiary/aromatic N) is 2. The highest BCUT2D eigenvalue weighted by Gasteiger charge is 2.17. The van der Waals surface area contributed by atoms with Crippen LogP contribution in [0.2, 0.25) is 0 Å². The number of hydrogen-bond acceptors (Lipinski definition) is 6. The Hall–Kier alpha value is -5.10. The summed E-state index contributed by atoms with van der Waals surface area (Å²) in [6.07, 6.45) is 6.82. The second-order valence-corrected chi connectivity index (χ2v) is 8.57. The zero-order valence-corrected chi connectivity index (χ0v) is 18.8. The SMILES string of the molecule is O=c1c2cc(-c3ccncc3)ccc2oc2c1ccc1oc3ccc(-c4ccncc4)cc3c(=O)c12. The average molecular weight is 468 g/mol. The Balaban J connectivity index is 1.52. The molecule has 170 valence electrons. The molecular weight excluding hydrogens is 452 g/mol. The highest BCUT2D eigenvalue weighted by molar-refractivity contribution is 6.07. The first-order valence-corrected chi connectivity index (χ1v) is 11.4. The van der Waals surface area contributed by atoms with Crippen molar-refractivity contribution in [1.82, 2.24) is 9.97 Å². The lowest BCUT2D eigenvalue weighted by Crippen LogP contribution is -2.07. The summed E-state index contributed by atoms with van der Waals surface area (Å²) in [5.74, 6) is 0. The van der Waals surface area contributed by atoms with Crippen LogP contribution in [0.15, 0.2) is 116 Å². The molecule has 0 unspecified atom stereocenters. The third kappa shape index (κ3) is 3.05. The van der Waals surface area contributed by atoms with Gasteiger partial charge in [-0.15, -0.1) is 0 Å². The molecule has 7 aromatic rings. The van der Waals surface area contributed by atoms with Gasteiger partial charge in [0.15, 0.2) is 5.58 Å². The fourth-order valence-corrected chi connectivity index (χ4v) is 4.70. The van der Waals surface area contributed by atoms with E-state index in [2.05, 4.69) is 9.97 Å². The Morgan fingerprint density at radius 2 is 1.00 bits per heavy atom. The minimum absolute atomic E-state index is 0.200. The van der Waals surface area contributed by atoms with Gasteiger partial charge in [-0.3, -0.25) is 19.6 Å². The number of pyridine rings is 2. The van der Waals surface area contributed by atoms with E-state index in [-0.39, 0.29) is 21.8 Å². The Morgan fingerprint density at radius 3 is 1.61 bits per heavy atom. The highest BCUT2D eigenvalue weighted by atomic mass is 16.3. The Morgan fingerprint density at radius 1 is 0.472 bits per heavy atom. The van der Waals surface area contributed by atoms with E-state index in [4.69, 9.17) is 8.83 Å². The van der Waals surface area contributed by atoms with Crippen LogP contribution in [0.4, 0.5) is 0 Å². The largest absolute Gasteiger partial charge is 0.456 e. The summed E-state index contributed by atoms with van der Waals surface area (Å²) in [5, 5.41) is 1.45. The van der Waals surface area contributed by atoms with Crippen LogP contribution >= 0.6 is 0 Å². The van der Waals surface area contributed by atoms with E-state index in [1.54, 1.807) is 55.1 Å². The molecule has 4 aromatic heterocycles. The Labute approximate surface area is 203 Å². The zero-order chi connectivity index (χ0) is 24.2. The van der Waals surface area contributed by atoms with Crippen LogP contribution in [0, 0.1) is 0 Å². The number of rotatable bonds is 2. The maximum Gasteiger partial charge on any atom is 0.204 e. The molecule has 0 spiro atoms. The molecule has 6 heteroatoms. The van der Waals surface area contributed by atoms with Gasteiger partial charge in [-0.1, -0.05) is 12.1 Å².